The normalized spacial score (nSPS) is 20.0. The van der Waals surface area contributed by atoms with Crippen molar-refractivity contribution < 1.29 is 14.3 Å². The van der Waals surface area contributed by atoms with Crippen LogP contribution < -0.4 is 4.90 Å². The predicted molar refractivity (Wildman–Crippen MR) is 119 cm³/mol. The van der Waals surface area contributed by atoms with Gasteiger partial charge in [0.15, 0.2) is 0 Å². The van der Waals surface area contributed by atoms with E-state index in [4.69, 9.17) is 14.7 Å². The van der Waals surface area contributed by atoms with Gasteiger partial charge >= 0.3 is 6.09 Å². The number of nitriles is 1. The number of piperazine rings is 1. The van der Waals surface area contributed by atoms with Crippen molar-refractivity contribution in [3.8, 4) is 6.07 Å². The lowest BCUT2D eigenvalue weighted by molar-refractivity contribution is 0.00993. The minimum absolute atomic E-state index is 0.123. The van der Waals surface area contributed by atoms with Gasteiger partial charge in [-0.05, 0) is 52.2 Å². The Hall–Kier alpha value is -2.37. The van der Waals surface area contributed by atoms with Crippen molar-refractivity contribution in [2.45, 2.75) is 51.7 Å². The van der Waals surface area contributed by atoms with Gasteiger partial charge in [-0.3, -0.25) is 4.90 Å². The molecule has 1 unspecified atom stereocenters. The minimum Gasteiger partial charge on any atom is -0.444 e. The number of amides is 1. The minimum atomic E-state index is -0.467. The van der Waals surface area contributed by atoms with Gasteiger partial charge in [-0.15, -0.1) is 0 Å². The second-order valence-electron chi connectivity index (χ2n) is 9.24. The monoisotopic (exact) mass is 429 g/mol. The van der Waals surface area contributed by atoms with Crippen molar-refractivity contribution in [2.24, 2.45) is 0 Å². The summed E-state index contributed by atoms with van der Waals surface area (Å²) in [5.74, 6) is 0.938. The zero-order valence-corrected chi connectivity index (χ0v) is 19.0. The van der Waals surface area contributed by atoms with Gasteiger partial charge in [0.25, 0.3) is 0 Å². The third-order valence-corrected chi connectivity index (χ3v) is 5.65. The number of nitrogens with zero attached hydrogens (tertiary/aromatic N) is 5. The van der Waals surface area contributed by atoms with Gasteiger partial charge in [0, 0.05) is 52.1 Å². The van der Waals surface area contributed by atoms with Crippen molar-refractivity contribution in [3.63, 3.8) is 0 Å². The van der Waals surface area contributed by atoms with Gasteiger partial charge in [-0.25, -0.2) is 9.78 Å². The highest BCUT2D eigenvalue weighted by Gasteiger charge is 2.32. The number of carbonyl (C=O) groups excluding carboxylic acids is 1. The van der Waals surface area contributed by atoms with E-state index in [0.717, 1.165) is 64.3 Å². The number of anilines is 1. The smallest absolute Gasteiger partial charge is 0.410 e. The van der Waals surface area contributed by atoms with Crippen LogP contribution in [0.3, 0.4) is 0 Å². The molecular formula is C23H35N5O3. The first kappa shape index (κ1) is 23.3. The van der Waals surface area contributed by atoms with Crippen LogP contribution >= 0.6 is 0 Å². The number of hydrogen-bond donors (Lipinski definition) is 0. The summed E-state index contributed by atoms with van der Waals surface area (Å²) in [6.45, 7) is 12.6. The Labute approximate surface area is 185 Å². The second-order valence-corrected chi connectivity index (χ2v) is 9.24. The van der Waals surface area contributed by atoms with Crippen LogP contribution in [0.15, 0.2) is 18.3 Å². The number of pyridine rings is 1. The van der Waals surface area contributed by atoms with Gasteiger partial charge in [-0.2, -0.15) is 5.26 Å². The molecule has 1 aromatic rings. The maximum Gasteiger partial charge on any atom is 0.410 e. The van der Waals surface area contributed by atoms with Crippen molar-refractivity contribution in [2.75, 3.05) is 57.4 Å². The van der Waals surface area contributed by atoms with Crippen LogP contribution in [0, 0.1) is 11.3 Å². The highest BCUT2D eigenvalue weighted by atomic mass is 16.6. The van der Waals surface area contributed by atoms with E-state index in [1.165, 1.54) is 0 Å². The fourth-order valence-corrected chi connectivity index (χ4v) is 4.02. The summed E-state index contributed by atoms with van der Waals surface area (Å²) in [5.41, 5.74) is 0.125. The number of rotatable bonds is 7. The van der Waals surface area contributed by atoms with E-state index in [0.29, 0.717) is 18.8 Å². The summed E-state index contributed by atoms with van der Waals surface area (Å²) in [6, 6.07) is 5.97. The average Bonchev–Trinajstić information content (AvgIpc) is 3.22. The number of likely N-dealkylation sites (tertiary alicyclic amines) is 1. The molecule has 0 radical (unpaired) electrons. The summed E-state index contributed by atoms with van der Waals surface area (Å²) in [6.07, 6.45) is 4.37. The van der Waals surface area contributed by atoms with Crippen LogP contribution in [-0.2, 0) is 9.47 Å². The van der Waals surface area contributed by atoms with Crippen LogP contribution in [0.25, 0.3) is 0 Å². The van der Waals surface area contributed by atoms with Crippen LogP contribution in [0.2, 0.25) is 0 Å². The molecule has 0 N–H and O–H groups in total. The summed E-state index contributed by atoms with van der Waals surface area (Å²) in [4.78, 5) is 23.3. The second kappa shape index (κ2) is 10.8. The Bertz CT molecular complexity index is 748. The third-order valence-electron chi connectivity index (χ3n) is 5.65. The number of ether oxygens (including phenoxy) is 2. The zero-order valence-electron chi connectivity index (χ0n) is 19.0. The molecule has 2 aliphatic rings. The molecule has 31 heavy (non-hydrogen) atoms. The highest BCUT2D eigenvalue weighted by Crippen LogP contribution is 2.21. The summed E-state index contributed by atoms with van der Waals surface area (Å²) >= 11 is 0. The van der Waals surface area contributed by atoms with Gasteiger partial charge in [0.05, 0.1) is 18.2 Å². The molecule has 0 bridgehead atoms. The zero-order chi connectivity index (χ0) is 22.3. The molecule has 1 aromatic heterocycles. The largest absolute Gasteiger partial charge is 0.444 e. The molecule has 170 valence electrons. The SMILES string of the molecule is CC(C)(C)OC(=O)N1CCCC1COCCCN1CCN(c2ccc(C#N)cn2)CC1. The molecule has 0 saturated carbocycles. The maximum atomic E-state index is 12.3. The van der Waals surface area contributed by atoms with E-state index >= 15 is 0 Å². The van der Waals surface area contributed by atoms with E-state index in [1.54, 1.807) is 6.20 Å². The third kappa shape index (κ3) is 7.08. The van der Waals surface area contributed by atoms with Crippen LogP contribution in [0.1, 0.15) is 45.6 Å². The fourth-order valence-electron chi connectivity index (χ4n) is 4.02. The molecule has 3 rings (SSSR count). The van der Waals surface area contributed by atoms with E-state index in [9.17, 15) is 4.79 Å². The number of carbonyl (C=O) groups is 1. The fraction of sp³-hybridized carbons (Fsp3) is 0.696. The molecule has 2 saturated heterocycles. The average molecular weight is 430 g/mol. The summed E-state index contributed by atoms with van der Waals surface area (Å²) in [5, 5.41) is 8.89. The molecule has 1 atom stereocenters. The van der Waals surface area contributed by atoms with Gasteiger partial charge < -0.3 is 19.3 Å². The lowest BCUT2D eigenvalue weighted by Gasteiger charge is -2.35. The van der Waals surface area contributed by atoms with E-state index < -0.39 is 5.60 Å². The first-order valence-corrected chi connectivity index (χ1v) is 11.3. The Morgan fingerprint density at radius 1 is 1.23 bits per heavy atom. The predicted octanol–water partition coefficient (Wildman–Crippen LogP) is 2.88. The van der Waals surface area contributed by atoms with E-state index in [1.807, 2.05) is 37.8 Å². The van der Waals surface area contributed by atoms with Gasteiger partial charge in [0.2, 0.25) is 0 Å². The van der Waals surface area contributed by atoms with Gasteiger partial charge in [-0.1, -0.05) is 0 Å². The molecule has 0 spiro atoms. The molecular weight excluding hydrogens is 394 g/mol. The molecule has 0 aliphatic carbocycles. The van der Waals surface area contributed by atoms with Crippen LogP contribution in [0.5, 0.6) is 0 Å². The summed E-state index contributed by atoms with van der Waals surface area (Å²) in [7, 11) is 0. The molecule has 3 heterocycles. The van der Waals surface area contributed by atoms with Crippen molar-refractivity contribution in [1.29, 1.82) is 5.26 Å². The van der Waals surface area contributed by atoms with Gasteiger partial charge in [0.1, 0.15) is 17.5 Å². The Morgan fingerprint density at radius 2 is 2.00 bits per heavy atom. The van der Waals surface area contributed by atoms with Crippen molar-refractivity contribution in [3.05, 3.63) is 23.9 Å². The Kier molecular flexibility index (Phi) is 8.10. The number of hydrogen-bond acceptors (Lipinski definition) is 7. The molecule has 0 aromatic carbocycles. The first-order valence-electron chi connectivity index (χ1n) is 11.3. The lowest BCUT2D eigenvalue weighted by atomic mass is 10.2. The topological polar surface area (TPSA) is 81.9 Å². The maximum absolute atomic E-state index is 12.3. The molecule has 2 aliphatic heterocycles. The molecule has 8 heteroatoms. The van der Waals surface area contributed by atoms with E-state index in [2.05, 4.69) is 20.9 Å². The van der Waals surface area contributed by atoms with Crippen molar-refractivity contribution >= 4 is 11.9 Å². The Balaban J connectivity index is 1.30. The number of aromatic nitrogens is 1. The molecule has 1 amide bonds. The molecule has 2 fully saturated rings. The highest BCUT2D eigenvalue weighted by molar-refractivity contribution is 5.68. The first-order chi connectivity index (χ1) is 14.9. The Morgan fingerprint density at radius 3 is 2.65 bits per heavy atom. The summed E-state index contributed by atoms with van der Waals surface area (Å²) < 4.78 is 11.4. The lowest BCUT2D eigenvalue weighted by Crippen LogP contribution is -2.47. The van der Waals surface area contributed by atoms with Crippen LogP contribution in [0.4, 0.5) is 10.6 Å². The van der Waals surface area contributed by atoms with Crippen molar-refractivity contribution in [1.82, 2.24) is 14.8 Å². The standard InChI is InChI=1S/C23H35N5O3/c1-23(2,3)31-22(29)28-10-4-6-20(28)18-30-15-5-9-26-11-13-27(14-12-26)21-8-7-19(16-24)17-25-21/h7-8,17,20H,4-6,9-15,18H2,1-3H3. The quantitative estimate of drug-likeness (QED) is 0.617. The molecule has 8 nitrogen and oxygen atoms in total. The van der Waals surface area contributed by atoms with E-state index in [-0.39, 0.29) is 12.1 Å². The van der Waals surface area contributed by atoms with Crippen LogP contribution in [-0.4, -0.2) is 85.0 Å².